The van der Waals surface area contributed by atoms with Crippen LogP contribution in [0.4, 0.5) is 0 Å². The number of carbonyl (C=O) groups excluding carboxylic acids is 2. The van der Waals surface area contributed by atoms with E-state index in [1.807, 2.05) is 0 Å². The van der Waals surface area contributed by atoms with Crippen LogP contribution < -0.4 is 0 Å². The predicted octanol–water partition coefficient (Wildman–Crippen LogP) is 12.1. The molecular formula is C38H70O4Ti. The number of ether oxygens (including phenoxy) is 2. The Labute approximate surface area is 282 Å². The largest absolute Gasteiger partial charge is 0.462 e. The Hall–Kier alpha value is -0.866. The van der Waals surface area contributed by atoms with Gasteiger partial charge in [0.15, 0.2) is 0 Å². The Bertz CT molecular complexity index is 577. The molecule has 0 atom stereocenters. The van der Waals surface area contributed by atoms with Crippen LogP contribution >= 0.6 is 0 Å². The van der Waals surface area contributed by atoms with Crippen molar-refractivity contribution in [2.75, 3.05) is 13.2 Å². The summed E-state index contributed by atoms with van der Waals surface area (Å²) in [5.41, 5.74) is 0. The molecule has 0 aromatic rings. The van der Waals surface area contributed by atoms with Gasteiger partial charge < -0.3 is 9.47 Å². The first-order valence-corrected chi connectivity index (χ1v) is 18.3. The number of unbranched alkanes of at least 4 members (excludes halogenated alkanes) is 22. The maximum Gasteiger partial charge on any atom is 0.305 e. The van der Waals surface area contributed by atoms with Crippen LogP contribution in [0.5, 0.6) is 0 Å². The molecular weight excluding hydrogens is 568 g/mol. The number of rotatable bonds is 33. The predicted molar refractivity (Wildman–Crippen MR) is 181 cm³/mol. The van der Waals surface area contributed by atoms with E-state index in [9.17, 15) is 9.59 Å². The van der Waals surface area contributed by atoms with E-state index in [0.717, 1.165) is 25.7 Å². The molecule has 0 aliphatic rings. The van der Waals surface area contributed by atoms with Gasteiger partial charge in [-0.05, 0) is 64.2 Å². The molecule has 0 aliphatic carbocycles. The fourth-order valence-corrected chi connectivity index (χ4v) is 5.14. The normalized spacial score (nSPS) is 11.3. The molecule has 0 aromatic carbocycles. The number of esters is 2. The Morgan fingerprint density at radius 1 is 0.395 bits per heavy atom. The van der Waals surface area contributed by atoms with Crippen LogP contribution in [-0.4, -0.2) is 25.2 Å². The molecule has 0 aliphatic heterocycles. The third kappa shape index (κ3) is 39.1. The Morgan fingerprint density at radius 3 is 0.953 bits per heavy atom. The summed E-state index contributed by atoms with van der Waals surface area (Å²) in [4.78, 5) is 23.7. The Kier molecular flexibility index (Phi) is 40.3. The van der Waals surface area contributed by atoms with Crippen molar-refractivity contribution in [3.05, 3.63) is 24.3 Å². The summed E-state index contributed by atoms with van der Waals surface area (Å²) < 4.78 is 10.4. The monoisotopic (exact) mass is 638 g/mol. The van der Waals surface area contributed by atoms with Gasteiger partial charge in [-0.15, -0.1) is 0 Å². The number of carbonyl (C=O) groups is 2. The molecule has 43 heavy (non-hydrogen) atoms. The van der Waals surface area contributed by atoms with Gasteiger partial charge >= 0.3 is 11.9 Å². The van der Waals surface area contributed by atoms with Crippen LogP contribution in [0.3, 0.4) is 0 Å². The first-order valence-electron chi connectivity index (χ1n) is 18.3. The molecule has 250 valence electrons. The molecule has 0 bridgehead atoms. The van der Waals surface area contributed by atoms with Crippen molar-refractivity contribution in [1.82, 2.24) is 0 Å². The Balaban J connectivity index is 0. The van der Waals surface area contributed by atoms with E-state index in [-0.39, 0.29) is 46.9 Å². The zero-order chi connectivity index (χ0) is 30.6. The van der Waals surface area contributed by atoms with E-state index in [2.05, 4.69) is 38.2 Å². The average molecular weight is 639 g/mol. The van der Waals surface area contributed by atoms with Crippen molar-refractivity contribution < 1.29 is 40.8 Å². The van der Waals surface area contributed by atoms with E-state index < -0.39 is 0 Å². The van der Waals surface area contributed by atoms with Crippen molar-refractivity contribution in [1.29, 1.82) is 0 Å². The minimum Gasteiger partial charge on any atom is -0.462 e. The SMILES string of the molecule is CCCCCCCC/C=C\CCCCCCCC(=O)OCCOC(=O)CCCCCCC/C=C\CCCCCCCC.[Ti]. The minimum atomic E-state index is -0.180. The molecule has 0 saturated carbocycles. The fourth-order valence-electron chi connectivity index (χ4n) is 5.14. The summed E-state index contributed by atoms with van der Waals surface area (Å²) in [5.74, 6) is -0.359. The summed E-state index contributed by atoms with van der Waals surface area (Å²) in [5, 5.41) is 0. The summed E-state index contributed by atoms with van der Waals surface area (Å²) in [6.45, 7) is 4.87. The third-order valence-corrected chi connectivity index (χ3v) is 7.89. The topological polar surface area (TPSA) is 52.6 Å². The maximum absolute atomic E-state index is 11.9. The molecule has 0 fully saturated rings. The van der Waals surface area contributed by atoms with E-state index in [1.54, 1.807) is 0 Å². The van der Waals surface area contributed by atoms with Gasteiger partial charge in [-0.1, -0.05) is 141 Å². The summed E-state index contributed by atoms with van der Waals surface area (Å²) in [6.07, 6.45) is 42.7. The van der Waals surface area contributed by atoms with Gasteiger partial charge in [-0.2, -0.15) is 0 Å². The van der Waals surface area contributed by atoms with Crippen molar-refractivity contribution >= 4 is 11.9 Å². The quantitative estimate of drug-likeness (QED) is 0.0311. The number of allylic oxidation sites excluding steroid dienone is 4. The molecule has 5 heteroatoms. The molecule has 0 rings (SSSR count). The van der Waals surface area contributed by atoms with Gasteiger partial charge in [0.25, 0.3) is 0 Å². The average Bonchev–Trinajstić information content (AvgIpc) is 2.99. The molecule has 0 unspecified atom stereocenters. The van der Waals surface area contributed by atoms with Crippen LogP contribution in [0.1, 0.15) is 194 Å². The van der Waals surface area contributed by atoms with Gasteiger partial charge in [0.05, 0.1) is 0 Å². The van der Waals surface area contributed by atoms with Gasteiger partial charge in [0.1, 0.15) is 13.2 Å². The molecule has 0 aromatic heterocycles. The smallest absolute Gasteiger partial charge is 0.305 e. The molecule has 0 saturated heterocycles. The zero-order valence-corrected chi connectivity index (χ0v) is 30.2. The van der Waals surface area contributed by atoms with Gasteiger partial charge in [-0.3, -0.25) is 9.59 Å². The number of hydrogen-bond acceptors (Lipinski definition) is 4. The standard InChI is InChI=1S/C38H70O4.Ti/c1-3-5-7-9-11-13-15-17-19-21-23-25-27-29-31-33-37(39)41-35-36-42-38(40)34-32-30-28-26-24-22-20-18-16-14-12-10-8-6-4-2;/h17-20H,3-16,21-36H2,1-2H3;/b19-17-,20-18-;. The minimum absolute atomic E-state index is 0. The number of hydrogen-bond donors (Lipinski definition) is 0. The summed E-state index contributed by atoms with van der Waals surface area (Å²) in [6, 6.07) is 0. The van der Waals surface area contributed by atoms with Crippen molar-refractivity contribution in [2.45, 2.75) is 194 Å². The first-order chi connectivity index (χ1) is 20.7. The van der Waals surface area contributed by atoms with Crippen LogP contribution in [-0.2, 0) is 40.8 Å². The second-order valence-corrected chi connectivity index (χ2v) is 12.1. The summed E-state index contributed by atoms with van der Waals surface area (Å²) in [7, 11) is 0. The fraction of sp³-hybridized carbons (Fsp3) is 0.842. The molecule has 0 amide bonds. The second kappa shape index (κ2) is 39.2. The van der Waals surface area contributed by atoms with E-state index in [1.165, 1.54) is 141 Å². The maximum atomic E-state index is 11.9. The van der Waals surface area contributed by atoms with Crippen LogP contribution in [0, 0.1) is 0 Å². The van der Waals surface area contributed by atoms with E-state index >= 15 is 0 Å². The third-order valence-electron chi connectivity index (χ3n) is 7.89. The zero-order valence-electron chi connectivity index (χ0n) is 28.7. The first kappa shape index (κ1) is 44.3. The van der Waals surface area contributed by atoms with E-state index in [4.69, 9.17) is 9.47 Å². The molecule has 0 radical (unpaired) electrons. The second-order valence-electron chi connectivity index (χ2n) is 12.1. The summed E-state index contributed by atoms with van der Waals surface area (Å²) >= 11 is 0. The van der Waals surface area contributed by atoms with Crippen LogP contribution in [0.25, 0.3) is 0 Å². The van der Waals surface area contributed by atoms with Crippen molar-refractivity contribution in [2.24, 2.45) is 0 Å². The van der Waals surface area contributed by atoms with Crippen LogP contribution in [0.15, 0.2) is 24.3 Å². The van der Waals surface area contributed by atoms with Crippen molar-refractivity contribution in [3.63, 3.8) is 0 Å². The van der Waals surface area contributed by atoms with Crippen molar-refractivity contribution in [3.8, 4) is 0 Å². The molecule has 0 spiro atoms. The Morgan fingerprint density at radius 2 is 0.651 bits per heavy atom. The molecule has 4 nitrogen and oxygen atoms in total. The molecule has 0 N–H and O–H groups in total. The van der Waals surface area contributed by atoms with Crippen LogP contribution in [0.2, 0.25) is 0 Å². The van der Waals surface area contributed by atoms with Gasteiger partial charge in [-0.25, -0.2) is 0 Å². The van der Waals surface area contributed by atoms with Gasteiger partial charge in [0.2, 0.25) is 0 Å². The van der Waals surface area contributed by atoms with E-state index in [0.29, 0.717) is 12.8 Å². The molecule has 0 heterocycles. The van der Waals surface area contributed by atoms with Gasteiger partial charge in [0, 0.05) is 34.6 Å².